The highest BCUT2D eigenvalue weighted by Gasteiger charge is 2.67. The smallest absolute Gasteiger partial charge is 0.398 e. The van der Waals surface area contributed by atoms with Gasteiger partial charge < -0.3 is 5.73 Å². The molecule has 20 heavy (non-hydrogen) atoms. The lowest BCUT2D eigenvalue weighted by Gasteiger charge is -2.21. The van der Waals surface area contributed by atoms with Crippen molar-refractivity contribution in [2.75, 3.05) is 5.73 Å². The number of alkyl halides is 3. The Morgan fingerprint density at radius 2 is 2.00 bits per heavy atom. The first-order chi connectivity index (χ1) is 9.37. The van der Waals surface area contributed by atoms with Crippen LogP contribution < -0.4 is 5.73 Å². The number of tetrazole rings is 1. The molecule has 5 nitrogen and oxygen atoms in total. The molecule has 2 N–H and O–H groups in total. The molecule has 0 spiro atoms. The lowest BCUT2D eigenvalue weighted by molar-refractivity contribution is -0.182. The first-order valence-corrected chi connectivity index (χ1v) is 6.08. The van der Waals surface area contributed by atoms with E-state index in [9.17, 15) is 13.2 Å². The van der Waals surface area contributed by atoms with Crippen molar-refractivity contribution in [3.63, 3.8) is 0 Å². The summed E-state index contributed by atoms with van der Waals surface area (Å²) in [6.45, 7) is 1.76. The van der Waals surface area contributed by atoms with Gasteiger partial charge in [-0.1, -0.05) is 12.1 Å². The molecule has 0 saturated heterocycles. The molecule has 0 radical (unpaired) electrons. The van der Waals surface area contributed by atoms with E-state index in [1.165, 1.54) is 0 Å². The molecule has 1 aliphatic rings. The molecule has 0 unspecified atom stereocenters. The minimum absolute atomic E-state index is 0.0136. The summed E-state index contributed by atoms with van der Waals surface area (Å²) in [6, 6.07) is 5.12. The van der Waals surface area contributed by atoms with Crippen LogP contribution in [-0.2, 0) is 5.54 Å². The van der Waals surface area contributed by atoms with Crippen LogP contribution in [0.5, 0.6) is 0 Å². The van der Waals surface area contributed by atoms with Gasteiger partial charge in [0, 0.05) is 11.3 Å². The highest BCUT2D eigenvalue weighted by molar-refractivity contribution is 5.74. The van der Waals surface area contributed by atoms with Crippen molar-refractivity contribution >= 4 is 5.69 Å². The van der Waals surface area contributed by atoms with E-state index >= 15 is 0 Å². The van der Waals surface area contributed by atoms with Crippen LogP contribution in [0.25, 0.3) is 11.4 Å². The lowest BCUT2D eigenvalue weighted by Crippen LogP contribution is -2.36. The molecular formula is C12H12F3N5. The molecule has 2 aromatic rings. The normalized spacial score (nSPS) is 17.2. The first-order valence-electron chi connectivity index (χ1n) is 6.08. The number of aromatic nitrogens is 4. The molecule has 1 aliphatic carbocycles. The Morgan fingerprint density at radius 1 is 1.30 bits per heavy atom. The van der Waals surface area contributed by atoms with Crippen LogP contribution in [0, 0.1) is 6.92 Å². The van der Waals surface area contributed by atoms with E-state index in [1.54, 1.807) is 25.1 Å². The van der Waals surface area contributed by atoms with E-state index in [4.69, 9.17) is 5.73 Å². The Hall–Kier alpha value is -2.12. The van der Waals surface area contributed by atoms with E-state index in [0.717, 1.165) is 10.2 Å². The fraction of sp³-hybridized carbons (Fsp3) is 0.417. The van der Waals surface area contributed by atoms with Crippen LogP contribution in [0.2, 0.25) is 0 Å². The average molecular weight is 283 g/mol. The zero-order valence-corrected chi connectivity index (χ0v) is 10.6. The Kier molecular flexibility index (Phi) is 2.54. The average Bonchev–Trinajstić information content (AvgIpc) is 3.03. The largest absolute Gasteiger partial charge is 0.413 e. The molecule has 1 fully saturated rings. The van der Waals surface area contributed by atoms with Gasteiger partial charge in [-0.2, -0.15) is 13.2 Å². The van der Waals surface area contributed by atoms with E-state index in [2.05, 4.69) is 15.5 Å². The number of hydrogen-bond acceptors (Lipinski definition) is 4. The third-order valence-corrected chi connectivity index (χ3v) is 3.65. The van der Waals surface area contributed by atoms with Gasteiger partial charge in [0.15, 0.2) is 11.4 Å². The van der Waals surface area contributed by atoms with Crippen molar-refractivity contribution in [3.8, 4) is 11.4 Å². The van der Waals surface area contributed by atoms with E-state index in [1.807, 2.05) is 0 Å². The second-order valence-electron chi connectivity index (χ2n) is 4.98. The van der Waals surface area contributed by atoms with Gasteiger partial charge in [0.1, 0.15) is 0 Å². The second-order valence-corrected chi connectivity index (χ2v) is 4.98. The highest BCUT2D eigenvalue weighted by Crippen LogP contribution is 2.56. The Bertz CT molecular complexity index is 637. The predicted molar refractivity (Wildman–Crippen MR) is 65.7 cm³/mol. The maximum Gasteiger partial charge on any atom is 0.413 e. The summed E-state index contributed by atoms with van der Waals surface area (Å²) in [7, 11) is 0. The van der Waals surface area contributed by atoms with Crippen molar-refractivity contribution in [2.45, 2.75) is 31.5 Å². The van der Waals surface area contributed by atoms with Gasteiger partial charge in [0.2, 0.25) is 0 Å². The monoisotopic (exact) mass is 283 g/mol. The number of nitrogen functional groups attached to an aromatic ring is 1. The summed E-state index contributed by atoms with van der Waals surface area (Å²) in [5, 5.41) is 10.7. The summed E-state index contributed by atoms with van der Waals surface area (Å²) < 4.78 is 40.5. The highest BCUT2D eigenvalue weighted by atomic mass is 19.4. The Morgan fingerprint density at radius 3 is 2.55 bits per heavy atom. The number of benzene rings is 1. The van der Waals surface area contributed by atoms with Crippen LogP contribution in [0.4, 0.5) is 18.9 Å². The summed E-state index contributed by atoms with van der Waals surface area (Å²) in [5.41, 5.74) is 5.43. The van der Waals surface area contributed by atoms with Crippen LogP contribution >= 0.6 is 0 Å². The second kappa shape index (κ2) is 3.94. The predicted octanol–water partition coefficient (Wildman–Crippen LogP) is 2.28. The molecular weight excluding hydrogens is 271 g/mol. The lowest BCUT2D eigenvalue weighted by atomic mass is 10.1. The van der Waals surface area contributed by atoms with Gasteiger partial charge in [0.05, 0.1) is 0 Å². The van der Waals surface area contributed by atoms with Crippen LogP contribution in [0.3, 0.4) is 0 Å². The number of nitrogens with zero attached hydrogens (tertiary/aromatic N) is 4. The van der Waals surface area contributed by atoms with E-state index in [0.29, 0.717) is 11.3 Å². The van der Waals surface area contributed by atoms with Gasteiger partial charge in [-0.15, -0.1) is 5.10 Å². The van der Waals surface area contributed by atoms with Crippen LogP contribution in [0.1, 0.15) is 18.4 Å². The number of nitrogens with two attached hydrogens (primary N) is 1. The number of rotatable bonds is 2. The molecule has 0 aliphatic heterocycles. The molecule has 0 atom stereocenters. The van der Waals surface area contributed by atoms with Crippen LogP contribution in [-0.4, -0.2) is 26.4 Å². The van der Waals surface area contributed by atoms with Crippen molar-refractivity contribution in [2.24, 2.45) is 0 Å². The quantitative estimate of drug-likeness (QED) is 0.858. The van der Waals surface area contributed by atoms with Gasteiger partial charge in [-0.25, -0.2) is 4.68 Å². The summed E-state index contributed by atoms with van der Waals surface area (Å²) in [5.74, 6) is 0.0652. The van der Waals surface area contributed by atoms with E-state index < -0.39 is 11.7 Å². The maximum absolute atomic E-state index is 13.2. The molecule has 1 saturated carbocycles. The van der Waals surface area contributed by atoms with Gasteiger partial charge >= 0.3 is 6.18 Å². The van der Waals surface area contributed by atoms with Crippen molar-refractivity contribution < 1.29 is 13.2 Å². The zero-order chi connectivity index (χ0) is 14.5. The molecule has 8 heteroatoms. The minimum Gasteiger partial charge on any atom is -0.398 e. The number of aryl methyl sites for hydroxylation is 1. The number of anilines is 1. The van der Waals surface area contributed by atoms with Crippen molar-refractivity contribution in [1.82, 2.24) is 20.2 Å². The third kappa shape index (κ3) is 1.67. The molecule has 3 rings (SSSR count). The Balaban J connectivity index is 2.18. The fourth-order valence-corrected chi connectivity index (χ4v) is 2.36. The van der Waals surface area contributed by atoms with E-state index in [-0.39, 0.29) is 18.7 Å². The SMILES string of the molecule is Cc1cccc(N)c1-c1nnnn1C1(C(F)(F)F)CC1. The van der Waals surface area contributed by atoms with Crippen molar-refractivity contribution in [1.29, 1.82) is 0 Å². The molecule has 1 heterocycles. The molecule has 1 aromatic carbocycles. The molecule has 106 valence electrons. The van der Waals surface area contributed by atoms with Gasteiger partial charge in [-0.3, -0.25) is 0 Å². The van der Waals surface area contributed by atoms with Gasteiger partial charge in [0.25, 0.3) is 0 Å². The summed E-state index contributed by atoms with van der Waals surface area (Å²) >= 11 is 0. The molecule has 0 bridgehead atoms. The van der Waals surface area contributed by atoms with Gasteiger partial charge in [-0.05, 0) is 41.8 Å². The first kappa shape index (κ1) is 12.9. The molecule has 1 aromatic heterocycles. The maximum atomic E-state index is 13.2. The number of halogens is 3. The summed E-state index contributed by atoms with van der Waals surface area (Å²) in [6.07, 6.45) is -4.41. The summed E-state index contributed by atoms with van der Waals surface area (Å²) in [4.78, 5) is 0. The fourth-order valence-electron chi connectivity index (χ4n) is 2.36. The minimum atomic E-state index is -4.38. The third-order valence-electron chi connectivity index (χ3n) is 3.65. The zero-order valence-electron chi connectivity index (χ0n) is 10.6. The Labute approximate surface area is 112 Å². The molecule has 0 amide bonds. The topological polar surface area (TPSA) is 69.6 Å². The van der Waals surface area contributed by atoms with Crippen molar-refractivity contribution in [3.05, 3.63) is 23.8 Å². The standard InChI is InChI=1S/C12H12F3N5/c1-7-3-2-4-8(16)9(7)10-17-18-19-20(10)11(5-6-11)12(13,14)15/h2-4H,5-6,16H2,1H3. The van der Waals surface area contributed by atoms with Crippen LogP contribution in [0.15, 0.2) is 18.2 Å². The number of hydrogen-bond donors (Lipinski definition) is 1.